The molecule has 18 heavy (non-hydrogen) atoms. The van der Waals surface area contributed by atoms with Crippen molar-refractivity contribution in [2.75, 3.05) is 19.7 Å². The maximum atomic E-state index is 11.8. The lowest BCUT2D eigenvalue weighted by atomic mass is 10.1. The minimum Gasteiger partial charge on any atom is -0.372 e. The highest BCUT2D eigenvalue weighted by Gasteiger charge is 2.20. The van der Waals surface area contributed by atoms with E-state index in [1.807, 2.05) is 30.0 Å². The number of allylic oxidation sites excluding steroid dienone is 1. The van der Waals surface area contributed by atoms with Gasteiger partial charge in [-0.25, -0.2) is 0 Å². The van der Waals surface area contributed by atoms with Crippen LogP contribution in [-0.4, -0.2) is 30.5 Å². The maximum absolute atomic E-state index is 11.8. The molecule has 0 aromatic heterocycles. The van der Waals surface area contributed by atoms with Crippen molar-refractivity contribution >= 4 is 5.91 Å². The number of ether oxygens (including phenoxy) is 1. The van der Waals surface area contributed by atoms with E-state index >= 15 is 0 Å². The van der Waals surface area contributed by atoms with Crippen molar-refractivity contribution in [3.05, 3.63) is 48.0 Å². The second kappa shape index (κ2) is 6.36. The van der Waals surface area contributed by atoms with Crippen molar-refractivity contribution in [2.45, 2.75) is 19.4 Å². The summed E-state index contributed by atoms with van der Waals surface area (Å²) in [4.78, 5) is 13.6. The molecule has 1 saturated heterocycles. The van der Waals surface area contributed by atoms with E-state index in [0.717, 1.165) is 13.0 Å². The molecule has 0 saturated carbocycles. The van der Waals surface area contributed by atoms with Gasteiger partial charge in [0.1, 0.15) is 0 Å². The van der Waals surface area contributed by atoms with Crippen LogP contribution >= 0.6 is 0 Å². The third-order valence-corrected chi connectivity index (χ3v) is 3.13. The Hall–Kier alpha value is -1.61. The number of rotatable bonds is 2. The third-order valence-electron chi connectivity index (χ3n) is 3.13. The number of carbonyl (C=O) groups is 1. The van der Waals surface area contributed by atoms with Crippen molar-refractivity contribution in [3.8, 4) is 0 Å². The fourth-order valence-electron chi connectivity index (χ4n) is 2.17. The fraction of sp³-hybridized carbons (Fsp3) is 0.400. The van der Waals surface area contributed by atoms with Crippen LogP contribution in [0.25, 0.3) is 0 Å². The molecule has 3 heteroatoms. The molecule has 0 aliphatic carbocycles. The average molecular weight is 245 g/mol. The molecule has 1 unspecified atom stereocenters. The van der Waals surface area contributed by atoms with Gasteiger partial charge in [-0.05, 0) is 25.0 Å². The first-order valence-electron chi connectivity index (χ1n) is 6.39. The van der Waals surface area contributed by atoms with E-state index in [9.17, 15) is 4.79 Å². The molecule has 0 spiro atoms. The summed E-state index contributed by atoms with van der Waals surface area (Å²) in [6.07, 6.45) is 4.36. The van der Waals surface area contributed by atoms with Crippen LogP contribution in [0.5, 0.6) is 0 Å². The Morgan fingerprint density at radius 3 is 2.83 bits per heavy atom. The van der Waals surface area contributed by atoms with Crippen molar-refractivity contribution in [1.82, 2.24) is 4.90 Å². The van der Waals surface area contributed by atoms with E-state index in [0.29, 0.717) is 13.2 Å². The highest BCUT2D eigenvalue weighted by Crippen LogP contribution is 2.23. The quantitative estimate of drug-likeness (QED) is 0.749. The van der Waals surface area contributed by atoms with Crippen molar-refractivity contribution < 1.29 is 9.53 Å². The number of nitrogens with zero attached hydrogens (tertiary/aromatic N) is 1. The molecule has 1 aliphatic rings. The van der Waals surface area contributed by atoms with E-state index in [-0.39, 0.29) is 12.0 Å². The number of hydrogen-bond acceptors (Lipinski definition) is 2. The zero-order chi connectivity index (χ0) is 12.8. The zero-order valence-electron chi connectivity index (χ0n) is 10.7. The summed E-state index contributed by atoms with van der Waals surface area (Å²) >= 11 is 0. The molecule has 2 rings (SSSR count). The van der Waals surface area contributed by atoms with Crippen LogP contribution < -0.4 is 0 Å². The Labute approximate surface area is 108 Å². The molecule has 1 aromatic carbocycles. The summed E-state index contributed by atoms with van der Waals surface area (Å²) in [6.45, 7) is 3.89. The van der Waals surface area contributed by atoms with Gasteiger partial charge < -0.3 is 9.64 Å². The molecule has 1 aromatic rings. The second-order valence-corrected chi connectivity index (χ2v) is 4.38. The Kier molecular flexibility index (Phi) is 4.53. The number of carbonyl (C=O) groups excluding carboxylic acids is 1. The average Bonchev–Trinajstić information content (AvgIpc) is 2.66. The normalized spacial score (nSPS) is 20.9. The van der Waals surface area contributed by atoms with Gasteiger partial charge in [-0.3, -0.25) is 4.79 Å². The highest BCUT2D eigenvalue weighted by atomic mass is 16.5. The first-order chi connectivity index (χ1) is 8.81. The van der Waals surface area contributed by atoms with Gasteiger partial charge in [0.25, 0.3) is 0 Å². The van der Waals surface area contributed by atoms with E-state index < -0.39 is 0 Å². The van der Waals surface area contributed by atoms with Crippen LogP contribution in [0.15, 0.2) is 42.5 Å². The topological polar surface area (TPSA) is 29.5 Å². The zero-order valence-corrected chi connectivity index (χ0v) is 10.7. The molecular formula is C15H19NO2. The van der Waals surface area contributed by atoms with Crippen LogP contribution in [0.2, 0.25) is 0 Å². The smallest absolute Gasteiger partial charge is 0.246 e. The molecule has 96 valence electrons. The van der Waals surface area contributed by atoms with Crippen LogP contribution in [0.1, 0.15) is 25.0 Å². The van der Waals surface area contributed by atoms with E-state index in [1.165, 1.54) is 5.56 Å². The van der Waals surface area contributed by atoms with E-state index in [2.05, 4.69) is 12.1 Å². The van der Waals surface area contributed by atoms with Gasteiger partial charge in [0, 0.05) is 13.1 Å². The minimum absolute atomic E-state index is 0.0785. The fourth-order valence-corrected chi connectivity index (χ4v) is 2.17. The number of benzene rings is 1. The number of amides is 1. The molecule has 1 atom stereocenters. The monoisotopic (exact) mass is 245 g/mol. The molecule has 0 radical (unpaired) electrons. The summed E-state index contributed by atoms with van der Waals surface area (Å²) in [5, 5.41) is 0. The predicted molar refractivity (Wildman–Crippen MR) is 71.1 cm³/mol. The second-order valence-electron chi connectivity index (χ2n) is 4.38. The van der Waals surface area contributed by atoms with Gasteiger partial charge in [-0.1, -0.05) is 36.4 Å². The van der Waals surface area contributed by atoms with Gasteiger partial charge in [-0.15, -0.1) is 0 Å². The Morgan fingerprint density at radius 2 is 2.11 bits per heavy atom. The van der Waals surface area contributed by atoms with Gasteiger partial charge in [0.05, 0.1) is 12.7 Å². The molecule has 3 nitrogen and oxygen atoms in total. The van der Waals surface area contributed by atoms with E-state index in [4.69, 9.17) is 4.74 Å². The Balaban J connectivity index is 1.99. The molecule has 1 amide bonds. The molecule has 1 heterocycles. The van der Waals surface area contributed by atoms with Gasteiger partial charge in [-0.2, -0.15) is 0 Å². The molecule has 0 bridgehead atoms. The van der Waals surface area contributed by atoms with Crippen LogP contribution in [0.3, 0.4) is 0 Å². The standard InChI is InChI=1S/C15H19NO2/c1-2-6-15(17)16-10-9-14(18-12-11-16)13-7-4-3-5-8-13/h2-8,14H,9-12H2,1H3/b6-2+. The molecular weight excluding hydrogens is 226 g/mol. The first-order valence-corrected chi connectivity index (χ1v) is 6.39. The van der Waals surface area contributed by atoms with Gasteiger partial charge >= 0.3 is 0 Å². The van der Waals surface area contributed by atoms with Crippen molar-refractivity contribution in [2.24, 2.45) is 0 Å². The SMILES string of the molecule is C/C=C/C(=O)N1CCOC(c2ccccc2)CC1. The minimum atomic E-state index is 0.0785. The van der Waals surface area contributed by atoms with Crippen LogP contribution in [0.4, 0.5) is 0 Å². The van der Waals surface area contributed by atoms with Crippen molar-refractivity contribution in [1.29, 1.82) is 0 Å². The molecule has 1 fully saturated rings. The number of hydrogen-bond donors (Lipinski definition) is 0. The lowest BCUT2D eigenvalue weighted by Gasteiger charge is -2.17. The lowest BCUT2D eigenvalue weighted by molar-refractivity contribution is -0.126. The van der Waals surface area contributed by atoms with Crippen molar-refractivity contribution in [3.63, 3.8) is 0 Å². The molecule has 1 aliphatic heterocycles. The summed E-state index contributed by atoms with van der Waals surface area (Å²) in [5.74, 6) is 0.0785. The Bertz CT molecular complexity index is 414. The largest absolute Gasteiger partial charge is 0.372 e. The highest BCUT2D eigenvalue weighted by molar-refractivity contribution is 5.87. The summed E-state index contributed by atoms with van der Waals surface area (Å²) in [7, 11) is 0. The van der Waals surface area contributed by atoms with Gasteiger partial charge in [0.2, 0.25) is 5.91 Å². The summed E-state index contributed by atoms with van der Waals surface area (Å²) in [6, 6.07) is 10.2. The van der Waals surface area contributed by atoms with Crippen LogP contribution in [0, 0.1) is 0 Å². The van der Waals surface area contributed by atoms with E-state index in [1.54, 1.807) is 12.2 Å². The summed E-state index contributed by atoms with van der Waals surface area (Å²) in [5.41, 5.74) is 1.19. The lowest BCUT2D eigenvalue weighted by Crippen LogP contribution is -2.31. The first kappa shape index (κ1) is 12.8. The van der Waals surface area contributed by atoms with Gasteiger partial charge in [0.15, 0.2) is 0 Å². The third kappa shape index (κ3) is 3.20. The summed E-state index contributed by atoms with van der Waals surface area (Å²) < 4.78 is 5.83. The predicted octanol–water partition coefficient (Wildman–Crippen LogP) is 2.55. The van der Waals surface area contributed by atoms with Crippen LogP contribution in [-0.2, 0) is 9.53 Å². The molecule has 0 N–H and O–H groups in total. The Morgan fingerprint density at radius 1 is 1.33 bits per heavy atom. The maximum Gasteiger partial charge on any atom is 0.246 e.